The normalized spacial score (nSPS) is 11.1. The molecule has 0 bridgehead atoms. The molecule has 144 valence electrons. The van der Waals surface area contributed by atoms with Gasteiger partial charge >= 0.3 is 0 Å². The van der Waals surface area contributed by atoms with Crippen molar-refractivity contribution in [3.63, 3.8) is 0 Å². The summed E-state index contributed by atoms with van der Waals surface area (Å²) in [5.41, 5.74) is 0.210. The Hall–Kier alpha value is -1.35. The fourth-order valence-electron chi connectivity index (χ4n) is 2.27. The van der Waals surface area contributed by atoms with Gasteiger partial charge in [0.05, 0.1) is 17.6 Å². The molecule has 0 fully saturated rings. The Kier molecular flexibility index (Phi) is 10.7. The van der Waals surface area contributed by atoms with Gasteiger partial charge in [-0.3, -0.25) is 4.79 Å². The number of methoxy groups -OCH3 is 1. The highest BCUT2D eigenvalue weighted by atomic mass is 35.5. The number of halogens is 1. The highest BCUT2D eigenvalue weighted by Crippen LogP contribution is 2.24. The van der Waals surface area contributed by atoms with Gasteiger partial charge in [0.15, 0.2) is 0 Å². The molecule has 2 N–H and O–H groups in total. The molecular formula is C16H28ClN3O4S. The number of benzene rings is 1. The zero-order valence-corrected chi connectivity index (χ0v) is 16.8. The van der Waals surface area contributed by atoms with Crippen LogP contribution in [0, 0.1) is 0 Å². The lowest BCUT2D eigenvalue weighted by molar-refractivity contribution is 0.0950. The quantitative estimate of drug-likeness (QED) is 0.588. The maximum Gasteiger partial charge on any atom is 0.255 e. The topological polar surface area (TPSA) is 87.7 Å². The third kappa shape index (κ3) is 6.14. The summed E-state index contributed by atoms with van der Waals surface area (Å²) in [6.45, 7) is 8.18. The predicted octanol–water partition coefficient (Wildman–Crippen LogP) is 1.49. The molecule has 0 aromatic heterocycles. The Labute approximate surface area is 156 Å². The molecule has 25 heavy (non-hydrogen) atoms. The molecule has 0 unspecified atom stereocenters. The first-order valence-electron chi connectivity index (χ1n) is 8.09. The van der Waals surface area contributed by atoms with Crippen molar-refractivity contribution in [2.24, 2.45) is 0 Å². The van der Waals surface area contributed by atoms with E-state index in [0.717, 1.165) is 6.54 Å². The summed E-state index contributed by atoms with van der Waals surface area (Å²) in [4.78, 5) is 12.4. The Morgan fingerprint density at radius 3 is 2.32 bits per heavy atom. The fourth-order valence-corrected chi connectivity index (χ4v) is 3.76. The van der Waals surface area contributed by atoms with Crippen LogP contribution in [0.3, 0.4) is 0 Å². The van der Waals surface area contributed by atoms with Gasteiger partial charge in [-0.1, -0.05) is 20.8 Å². The van der Waals surface area contributed by atoms with E-state index in [-0.39, 0.29) is 28.8 Å². The van der Waals surface area contributed by atoms with Crippen molar-refractivity contribution < 1.29 is 17.9 Å². The van der Waals surface area contributed by atoms with E-state index < -0.39 is 10.0 Å². The highest BCUT2D eigenvalue weighted by molar-refractivity contribution is 7.89. The van der Waals surface area contributed by atoms with Gasteiger partial charge in [-0.25, -0.2) is 8.42 Å². The van der Waals surface area contributed by atoms with Crippen LogP contribution in [0.25, 0.3) is 0 Å². The van der Waals surface area contributed by atoms with Crippen molar-refractivity contribution in [1.29, 1.82) is 0 Å². The molecule has 0 aliphatic rings. The number of carbonyl (C=O) groups is 1. The van der Waals surface area contributed by atoms with E-state index >= 15 is 0 Å². The van der Waals surface area contributed by atoms with Crippen LogP contribution < -0.4 is 15.4 Å². The number of amides is 1. The number of rotatable bonds is 10. The monoisotopic (exact) mass is 393 g/mol. The maximum absolute atomic E-state index is 12.6. The third-order valence-corrected chi connectivity index (χ3v) is 5.64. The lowest BCUT2D eigenvalue weighted by Crippen LogP contribution is -2.33. The second kappa shape index (κ2) is 11.3. The van der Waals surface area contributed by atoms with Gasteiger partial charge in [0.25, 0.3) is 5.91 Å². The van der Waals surface area contributed by atoms with Crippen molar-refractivity contribution in [2.75, 3.05) is 39.8 Å². The lowest BCUT2D eigenvalue weighted by Gasteiger charge is -2.19. The van der Waals surface area contributed by atoms with Gasteiger partial charge in [0, 0.05) is 26.2 Å². The number of carbonyl (C=O) groups excluding carboxylic acids is 1. The van der Waals surface area contributed by atoms with Gasteiger partial charge < -0.3 is 15.4 Å². The molecule has 0 atom stereocenters. The predicted molar refractivity (Wildman–Crippen MR) is 101 cm³/mol. The van der Waals surface area contributed by atoms with Crippen LogP contribution >= 0.6 is 12.4 Å². The SMILES string of the molecule is CCNCCNC(=O)c1cc(S(=O)(=O)N(CC)CC)ccc1OC.Cl. The first-order valence-corrected chi connectivity index (χ1v) is 9.53. The first kappa shape index (κ1) is 23.6. The Morgan fingerprint density at radius 1 is 1.16 bits per heavy atom. The average Bonchev–Trinajstić information content (AvgIpc) is 2.58. The summed E-state index contributed by atoms with van der Waals surface area (Å²) in [5, 5.41) is 5.86. The lowest BCUT2D eigenvalue weighted by atomic mass is 10.2. The van der Waals surface area contributed by atoms with Crippen molar-refractivity contribution in [3.8, 4) is 5.75 Å². The van der Waals surface area contributed by atoms with Gasteiger partial charge in [-0.2, -0.15) is 4.31 Å². The average molecular weight is 394 g/mol. The summed E-state index contributed by atoms with van der Waals surface area (Å²) in [7, 11) is -2.18. The van der Waals surface area contributed by atoms with Gasteiger partial charge in [0.1, 0.15) is 5.75 Å². The van der Waals surface area contributed by atoms with Crippen LogP contribution in [0.4, 0.5) is 0 Å². The minimum Gasteiger partial charge on any atom is -0.496 e. The molecule has 0 saturated heterocycles. The number of ether oxygens (including phenoxy) is 1. The molecule has 9 heteroatoms. The smallest absolute Gasteiger partial charge is 0.255 e. The number of hydrogen-bond acceptors (Lipinski definition) is 5. The van der Waals surface area contributed by atoms with Crippen LogP contribution in [0.1, 0.15) is 31.1 Å². The van der Waals surface area contributed by atoms with E-state index in [9.17, 15) is 13.2 Å². The maximum atomic E-state index is 12.6. The molecule has 1 aromatic carbocycles. The Morgan fingerprint density at radius 2 is 1.80 bits per heavy atom. The van der Waals surface area contributed by atoms with Crippen molar-refractivity contribution >= 4 is 28.3 Å². The summed E-state index contributed by atoms with van der Waals surface area (Å²) < 4.78 is 31.8. The molecule has 1 aromatic rings. The minimum absolute atomic E-state index is 0. The van der Waals surface area contributed by atoms with Crippen molar-refractivity contribution in [3.05, 3.63) is 23.8 Å². The largest absolute Gasteiger partial charge is 0.496 e. The molecule has 7 nitrogen and oxygen atoms in total. The van der Waals surface area contributed by atoms with Crippen LogP contribution in [0.15, 0.2) is 23.1 Å². The zero-order valence-electron chi connectivity index (χ0n) is 15.2. The van der Waals surface area contributed by atoms with Crippen LogP contribution in [0.2, 0.25) is 0 Å². The van der Waals surface area contributed by atoms with Crippen molar-refractivity contribution in [1.82, 2.24) is 14.9 Å². The Balaban J connectivity index is 0.00000576. The number of likely N-dealkylation sites (N-methyl/N-ethyl adjacent to an activating group) is 1. The van der Waals surface area contributed by atoms with E-state index in [2.05, 4.69) is 10.6 Å². The van der Waals surface area contributed by atoms with E-state index in [1.807, 2.05) is 6.92 Å². The molecule has 0 aliphatic heterocycles. The van der Waals surface area contributed by atoms with Gasteiger partial charge in [-0.15, -0.1) is 12.4 Å². The van der Waals surface area contributed by atoms with E-state index in [1.54, 1.807) is 13.8 Å². The standard InChI is InChI=1S/C16H27N3O4S.ClH/c1-5-17-10-11-18-16(20)14-12-13(8-9-15(14)23-4)24(21,22)19(6-2)7-3;/h8-9,12,17H,5-7,10-11H2,1-4H3,(H,18,20);1H. The fraction of sp³-hybridized carbons (Fsp3) is 0.562. The molecule has 0 heterocycles. The second-order valence-corrected chi connectivity index (χ2v) is 7.00. The third-order valence-electron chi connectivity index (χ3n) is 3.60. The second-order valence-electron chi connectivity index (χ2n) is 5.06. The van der Waals surface area contributed by atoms with Gasteiger partial charge in [-0.05, 0) is 24.7 Å². The molecule has 0 saturated carbocycles. The molecule has 0 aliphatic carbocycles. The van der Waals surface area contributed by atoms with Gasteiger partial charge in [0.2, 0.25) is 10.0 Å². The summed E-state index contributed by atoms with van der Waals surface area (Å²) in [5.74, 6) is -0.0178. The Bertz CT molecular complexity index is 649. The van der Waals surface area contributed by atoms with E-state index in [4.69, 9.17) is 4.74 Å². The number of nitrogens with zero attached hydrogens (tertiary/aromatic N) is 1. The van der Waals surface area contributed by atoms with Crippen LogP contribution in [-0.4, -0.2) is 58.5 Å². The molecule has 1 rings (SSSR count). The molecular weight excluding hydrogens is 366 g/mol. The molecule has 0 spiro atoms. The number of nitrogens with one attached hydrogen (secondary N) is 2. The van der Waals surface area contributed by atoms with Crippen LogP contribution in [-0.2, 0) is 10.0 Å². The number of sulfonamides is 1. The first-order chi connectivity index (χ1) is 11.4. The minimum atomic E-state index is -3.63. The molecule has 1 amide bonds. The molecule has 0 radical (unpaired) electrons. The summed E-state index contributed by atoms with van der Waals surface area (Å²) >= 11 is 0. The summed E-state index contributed by atoms with van der Waals surface area (Å²) in [6, 6.07) is 4.34. The van der Waals surface area contributed by atoms with Crippen LogP contribution in [0.5, 0.6) is 5.75 Å². The van der Waals surface area contributed by atoms with E-state index in [1.165, 1.54) is 29.6 Å². The van der Waals surface area contributed by atoms with E-state index in [0.29, 0.717) is 31.9 Å². The van der Waals surface area contributed by atoms with Crippen molar-refractivity contribution in [2.45, 2.75) is 25.7 Å². The summed E-state index contributed by atoms with van der Waals surface area (Å²) in [6.07, 6.45) is 0. The number of hydrogen-bond donors (Lipinski definition) is 2. The highest BCUT2D eigenvalue weighted by Gasteiger charge is 2.24. The zero-order chi connectivity index (χ0) is 18.2.